The molecule has 2 N–H and O–H groups in total. The van der Waals surface area contributed by atoms with E-state index in [0.29, 0.717) is 24.4 Å². The maximum absolute atomic E-state index is 13.1. The lowest BCUT2D eigenvalue weighted by Gasteiger charge is -2.34. The van der Waals surface area contributed by atoms with Gasteiger partial charge in [-0.3, -0.25) is 14.5 Å². The van der Waals surface area contributed by atoms with Crippen molar-refractivity contribution in [3.63, 3.8) is 0 Å². The highest BCUT2D eigenvalue weighted by Gasteiger charge is 2.54. The van der Waals surface area contributed by atoms with E-state index in [0.717, 1.165) is 51.9 Å². The molecule has 0 unspecified atom stereocenters. The lowest BCUT2D eigenvalue weighted by Crippen LogP contribution is -2.49. The van der Waals surface area contributed by atoms with Gasteiger partial charge in [-0.1, -0.05) is 6.08 Å². The van der Waals surface area contributed by atoms with Gasteiger partial charge in [0.1, 0.15) is 0 Å². The van der Waals surface area contributed by atoms with Gasteiger partial charge in [-0.05, 0) is 44.6 Å². The van der Waals surface area contributed by atoms with Gasteiger partial charge in [0, 0.05) is 44.8 Å². The van der Waals surface area contributed by atoms with Crippen LogP contribution in [0.1, 0.15) is 25.7 Å². The summed E-state index contributed by atoms with van der Waals surface area (Å²) in [5.74, 6) is 0.637. The number of fused-ring (bicyclic) bond motifs is 3. The van der Waals surface area contributed by atoms with E-state index in [9.17, 15) is 9.59 Å². The SMILES string of the molecule is C=CCNC(=O)[C@H]1[C@@H]2CC[C@@H](C2)[C@H]1C(=O)N[C@H]1C[C@H]2CN(C)CCN2C1. The third kappa shape index (κ3) is 3.29. The van der Waals surface area contributed by atoms with Gasteiger partial charge >= 0.3 is 0 Å². The second-order valence-corrected chi connectivity index (χ2v) is 8.77. The van der Waals surface area contributed by atoms with E-state index in [4.69, 9.17) is 0 Å². The van der Waals surface area contributed by atoms with Gasteiger partial charge in [0.25, 0.3) is 0 Å². The first-order chi connectivity index (χ1) is 12.6. The minimum Gasteiger partial charge on any atom is -0.352 e. The molecule has 2 aliphatic carbocycles. The number of nitrogens with zero attached hydrogens (tertiary/aromatic N) is 2. The van der Waals surface area contributed by atoms with Crippen LogP contribution in [-0.2, 0) is 9.59 Å². The molecular weight excluding hydrogens is 328 g/mol. The second kappa shape index (κ2) is 7.31. The van der Waals surface area contributed by atoms with Crippen molar-refractivity contribution in [2.24, 2.45) is 23.7 Å². The average Bonchev–Trinajstić information content (AvgIpc) is 3.32. The summed E-state index contributed by atoms with van der Waals surface area (Å²) >= 11 is 0. The van der Waals surface area contributed by atoms with Crippen molar-refractivity contribution >= 4 is 11.8 Å². The molecule has 2 heterocycles. The Hall–Kier alpha value is -1.40. The molecule has 2 saturated heterocycles. The van der Waals surface area contributed by atoms with E-state index in [1.165, 1.54) is 0 Å². The molecule has 2 aliphatic heterocycles. The van der Waals surface area contributed by atoms with Crippen LogP contribution in [0.25, 0.3) is 0 Å². The summed E-state index contributed by atoms with van der Waals surface area (Å²) in [5.41, 5.74) is 0. The number of hydrogen-bond acceptors (Lipinski definition) is 4. The monoisotopic (exact) mass is 360 g/mol. The van der Waals surface area contributed by atoms with E-state index in [1.807, 2.05) is 0 Å². The second-order valence-electron chi connectivity index (χ2n) is 8.77. The van der Waals surface area contributed by atoms with Crippen molar-refractivity contribution in [1.82, 2.24) is 20.4 Å². The Morgan fingerprint density at radius 1 is 1.08 bits per heavy atom. The molecule has 0 aromatic carbocycles. The highest BCUT2D eigenvalue weighted by molar-refractivity contribution is 5.89. The van der Waals surface area contributed by atoms with Crippen LogP contribution in [0.4, 0.5) is 0 Å². The Bertz CT molecular complexity index is 580. The Balaban J connectivity index is 1.39. The van der Waals surface area contributed by atoms with Gasteiger partial charge in [0.15, 0.2) is 0 Å². The van der Waals surface area contributed by atoms with Gasteiger partial charge in [-0.25, -0.2) is 0 Å². The highest BCUT2D eigenvalue weighted by Crippen LogP contribution is 2.52. The Morgan fingerprint density at radius 3 is 2.54 bits per heavy atom. The van der Waals surface area contributed by atoms with Gasteiger partial charge < -0.3 is 15.5 Å². The summed E-state index contributed by atoms with van der Waals surface area (Å²) in [6.07, 6.45) is 5.95. The zero-order chi connectivity index (χ0) is 18.3. The Morgan fingerprint density at radius 2 is 1.81 bits per heavy atom. The van der Waals surface area contributed by atoms with Gasteiger partial charge in [0.05, 0.1) is 11.8 Å². The standard InChI is InChI=1S/C20H32N4O2/c1-3-6-21-19(25)17-13-4-5-14(9-13)18(17)20(26)22-15-10-16-12-23(2)7-8-24(16)11-15/h3,13-18H,1,4-12H2,2H3,(H,21,25)(H,22,26)/t13-,14+,15+,16+,17+,18-/m1/s1. The van der Waals surface area contributed by atoms with Crippen molar-refractivity contribution in [2.45, 2.75) is 37.8 Å². The van der Waals surface area contributed by atoms with Crippen LogP contribution >= 0.6 is 0 Å². The summed E-state index contributed by atoms with van der Waals surface area (Å²) in [5, 5.41) is 6.25. The quantitative estimate of drug-likeness (QED) is 0.699. The smallest absolute Gasteiger partial charge is 0.224 e. The predicted molar refractivity (Wildman–Crippen MR) is 100 cm³/mol. The highest BCUT2D eigenvalue weighted by atomic mass is 16.2. The lowest BCUT2D eigenvalue weighted by molar-refractivity contribution is -0.137. The molecule has 144 valence electrons. The van der Waals surface area contributed by atoms with Gasteiger partial charge in [-0.2, -0.15) is 0 Å². The predicted octanol–water partition coefficient (Wildman–Crippen LogP) is 0.455. The zero-order valence-electron chi connectivity index (χ0n) is 15.8. The number of hydrogen-bond donors (Lipinski definition) is 2. The van der Waals surface area contributed by atoms with E-state index in [-0.39, 0.29) is 29.7 Å². The van der Waals surface area contributed by atoms with Crippen LogP contribution in [0.15, 0.2) is 12.7 Å². The molecular formula is C20H32N4O2. The molecule has 4 rings (SSSR count). The fraction of sp³-hybridized carbons (Fsp3) is 0.800. The topological polar surface area (TPSA) is 64.7 Å². The van der Waals surface area contributed by atoms with E-state index in [1.54, 1.807) is 6.08 Å². The molecule has 0 spiro atoms. The molecule has 2 saturated carbocycles. The number of carbonyl (C=O) groups excluding carboxylic acids is 2. The summed E-state index contributed by atoms with van der Waals surface area (Å²) in [6, 6.07) is 0.792. The zero-order valence-corrected chi connectivity index (χ0v) is 15.8. The molecule has 6 nitrogen and oxygen atoms in total. The average molecular weight is 361 g/mol. The third-order valence-electron chi connectivity index (χ3n) is 7.11. The normalized spacial score (nSPS) is 39.6. The van der Waals surface area contributed by atoms with Crippen LogP contribution in [0.2, 0.25) is 0 Å². The van der Waals surface area contributed by atoms with Crippen LogP contribution in [-0.4, -0.2) is 73.5 Å². The molecule has 26 heavy (non-hydrogen) atoms. The molecule has 0 aromatic rings. The molecule has 0 aromatic heterocycles. The van der Waals surface area contributed by atoms with Crippen molar-refractivity contribution in [3.05, 3.63) is 12.7 Å². The lowest BCUT2D eigenvalue weighted by atomic mass is 9.78. The number of rotatable bonds is 5. The molecule has 4 fully saturated rings. The fourth-order valence-corrected chi connectivity index (χ4v) is 5.94. The van der Waals surface area contributed by atoms with Crippen molar-refractivity contribution in [2.75, 3.05) is 39.8 Å². The Kier molecular flexibility index (Phi) is 5.06. The maximum atomic E-state index is 13.1. The largest absolute Gasteiger partial charge is 0.352 e. The molecule has 0 radical (unpaired) electrons. The Labute approximate surface area is 156 Å². The maximum Gasteiger partial charge on any atom is 0.224 e. The summed E-state index contributed by atoms with van der Waals surface area (Å²) < 4.78 is 0. The van der Waals surface area contributed by atoms with E-state index >= 15 is 0 Å². The van der Waals surface area contributed by atoms with Crippen LogP contribution in [0, 0.1) is 23.7 Å². The fourth-order valence-electron chi connectivity index (χ4n) is 5.94. The van der Waals surface area contributed by atoms with Crippen LogP contribution < -0.4 is 10.6 Å². The first-order valence-electron chi connectivity index (χ1n) is 10.2. The number of likely N-dealkylation sites (N-methyl/N-ethyl adjacent to an activating group) is 1. The summed E-state index contributed by atoms with van der Waals surface area (Å²) in [6.45, 7) is 8.39. The first-order valence-corrected chi connectivity index (χ1v) is 10.2. The minimum atomic E-state index is -0.149. The number of carbonyl (C=O) groups is 2. The number of piperazine rings is 1. The molecule has 4 aliphatic rings. The third-order valence-corrected chi connectivity index (χ3v) is 7.11. The van der Waals surface area contributed by atoms with E-state index in [2.05, 4.69) is 34.1 Å². The van der Waals surface area contributed by atoms with Crippen molar-refractivity contribution in [1.29, 1.82) is 0 Å². The summed E-state index contributed by atoms with van der Waals surface area (Å²) in [4.78, 5) is 30.6. The van der Waals surface area contributed by atoms with Gasteiger partial charge in [-0.15, -0.1) is 6.58 Å². The van der Waals surface area contributed by atoms with Gasteiger partial charge in [0.2, 0.25) is 11.8 Å². The molecule has 2 bridgehead atoms. The summed E-state index contributed by atoms with van der Waals surface area (Å²) in [7, 11) is 2.17. The van der Waals surface area contributed by atoms with E-state index < -0.39 is 0 Å². The van der Waals surface area contributed by atoms with Crippen LogP contribution in [0.5, 0.6) is 0 Å². The minimum absolute atomic E-state index is 0.0442. The molecule has 2 amide bonds. The van der Waals surface area contributed by atoms with Crippen molar-refractivity contribution < 1.29 is 9.59 Å². The number of amides is 2. The first kappa shape index (κ1) is 18.0. The van der Waals surface area contributed by atoms with Crippen LogP contribution in [0.3, 0.4) is 0 Å². The molecule has 6 atom stereocenters. The van der Waals surface area contributed by atoms with Crippen molar-refractivity contribution in [3.8, 4) is 0 Å². The number of nitrogens with one attached hydrogen (secondary N) is 2. The molecule has 6 heteroatoms.